The summed E-state index contributed by atoms with van der Waals surface area (Å²) in [5.41, 5.74) is 0.614. The molecule has 0 amide bonds. The Morgan fingerprint density at radius 1 is 1.04 bits per heavy atom. The van der Waals surface area contributed by atoms with E-state index in [1.165, 1.54) is 12.3 Å². The number of hydrogen-bond acceptors (Lipinski definition) is 7. The molecule has 0 saturated heterocycles. The molecule has 0 fully saturated rings. The highest BCUT2D eigenvalue weighted by atomic mass is 32.2. The van der Waals surface area contributed by atoms with E-state index < -0.39 is 15.9 Å². The smallest absolute Gasteiger partial charge is 0.175 e. The largest absolute Gasteiger partial charge is 0.497 e. The molecule has 0 aliphatic heterocycles. The van der Waals surface area contributed by atoms with Crippen LogP contribution in [0, 0.1) is 6.92 Å². The molecule has 0 aliphatic rings. The van der Waals surface area contributed by atoms with E-state index >= 15 is 0 Å². The van der Waals surface area contributed by atoms with Gasteiger partial charge in [0.15, 0.2) is 9.84 Å². The summed E-state index contributed by atoms with van der Waals surface area (Å²) in [5, 5.41) is 13.1. The van der Waals surface area contributed by atoms with Crippen LogP contribution in [-0.2, 0) is 9.84 Å². The maximum Gasteiger partial charge on any atom is 0.175 e. The van der Waals surface area contributed by atoms with Crippen molar-refractivity contribution in [3.05, 3.63) is 48.0 Å². The second kappa shape index (κ2) is 10.3. The Morgan fingerprint density at radius 2 is 1.68 bits per heavy atom. The van der Waals surface area contributed by atoms with Crippen molar-refractivity contribution in [1.29, 1.82) is 0 Å². The van der Waals surface area contributed by atoms with E-state index in [9.17, 15) is 13.5 Å². The Bertz CT molecular complexity index is 851. The summed E-state index contributed by atoms with van der Waals surface area (Å²) < 4.78 is 39.4. The summed E-state index contributed by atoms with van der Waals surface area (Å²) in [6.45, 7) is 3.21. The molecule has 0 saturated carbocycles. The topological polar surface area (TPSA) is 94.1 Å². The van der Waals surface area contributed by atoms with Gasteiger partial charge in [-0.2, -0.15) is 0 Å². The van der Waals surface area contributed by atoms with Gasteiger partial charge in [-0.25, -0.2) is 8.42 Å². The fourth-order valence-corrected chi connectivity index (χ4v) is 3.52. The third-order valence-electron chi connectivity index (χ3n) is 3.98. The van der Waals surface area contributed by atoms with Gasteiger partial charge in [0.05, 0.1) is 12.0 Å². The van der Waals surface area contributed by atoms with Gasteiger partial charge in [0.2, 0.25) is 0 Å². The highest BCUT2D eigenvalue weighted by Crippen LogP contribution is 2.21. The number of aryl methyl sites for hydroxylation is 1. The van der Waals surface area contributed by atoms with Gasteiger partial charge in [-0.1, -0.05) is 0 Å². The van der Waals surface area contributed by atoms with E-state index in [1.54, 1.807) is 26.2 Å². The first-order chi connectivity index (χ1) is 13.3. The van der Waals surface area contributed by atoms with Crippen molar-refractivity contribution in [2.75, 3.05) is 39.7 Å². The maximum absolute atomic E-state index is 11.6. The predicted molar refractivity (Wildman–Crippen MR) is 107 cm³/mol. The summed E-state index contributed by atoms with van der Waals surface area (Å²) in [6.07, 6.45) is 0.472. The lowest BCUT2D eigenvalue weighted by Gasteiger charge is -2.14. The van der Waals surface area contributed by atoms with Gasteiger partial charge < -0.3 is 24.6 Å². The summed E-state index contributed by atoms with van der Waals surface area (Å²) >= 11 is 0. The van der Waals surface area contributed by atoms with Gasteiger partial charge in [-0.15, -0.1) is 0 Å². The number of benzene rings is 2. The molecule has 1 unspecified atom stereocenters. The Hall–Kier alpha value is -2.29. The summed E-state index contributed by atoms with van der Waals surface area (Å²) in [7, 11) is -1.64. The average Bonchev–Trinajstić information content (AvgIpc) is 2.65. The van der Waals surface area contributed by atoms with Crippen LogP contribution in [0.25, 0.3) is 0 Å². The highest BCUT2D eigenvalue weighted by Gasteiger charge is 2.12. The third-order valence-corrected chi connectivity index (χ3v) is 5.23. The Morgan fingerprint density at radius 3 is 2.29 bits per heavy atom. The van der Waals surface area contributed by atoms with E-state index in [0.717, 1.165) is 11.5 Å². The molecule has 0 spiro atoms. The van der Waals surface area contributed by atoms with Crippen LogP contribution in [0.2, 0.25) is 0 Å². The first-order valence-corrected chi connectivity index (χ1v) is 10.8. The van der Waals surface area contributed by atoms with Crippen molar-refractivity contribution < 1.29 is 27.7 Å². The molecule has 7 nitrogen and oxygen atoms in total. The number of hydrogen-bond donors (Lipinski definition) is 2. The molecule has 0 radical (unpaired) electrons. The minimum absolute atomic E-state index is 0.101. The second-order valence-electron chi connectivity index (χ2n) is 6.39. The highest BCUT2D eigenvalue weighted by molar-refractivity contribution is 7.90. The summed E-state index contributed by atoms with van der Waals surface area (Å²) in [5.74, 6) is 2.04. The van der Waals surface area contributed by atoms with Crippen LogP contribution < -0.4 is 19.5 Å². The number of nitrogens with one attached hydrogen (secondary N) is 1. The molecule has 0 aromatic heterocycles. The van der Waals surface area contributed by atoms with Crippen LogP contribution in [-0.4, -0.2) is 59.3 Å². The zero-order chi connectivity index (χ0) is 20.6. The van der Waals surface area contributed by atoms with E-state index in [2.05, 4.69) is 5.32 Å². The van der Waals surface area contributed by atoms with E-state index in [-0.39, 0.29) is 11.5 Å². The van der Waals surface area contributed by atoms with Crippen LogP contribution in [0.1, 0.15) is 5.56 Å². The predicted octanol–water partition coefficient (Wildman–Crippen LogP) is 1.82. The minimum Gasteiger partial charge on any atom is -0.497 e. The molecule has 0 heterocycles. The van der Waals surface area contributed by atoms with E-state index in [4.69, 9.17) is 14.2 Å². The van der Waals surface area contributed by atoms with Crippen molar-refractivity contribution >= 4 is 9.84 Å². The maximum atomic E-state index is 11.6. The zero-order valence-corrected chi connectivity index (χ0v) is 17.2. The molecule has 2 aromatic rings. The van der Waals surface area contributed by atoms with E-state index in [0.29, 0.717) is 31.0 Å². The van der Waals surface area contributed by atoms with Crippen LogP contribution in [0.4, 0.5) is 0 Å². The van der Waals surface area contributed by atoms with Crippen molar-refractivity contribution in [3.63, 3.8) is 0 Å². The molecule has 0 bridgehead atoms. The van der Waals surface area contributed by atoms with Crippen molar-refractivity contribution in [2.45, 2.75) is 17.9 Å². The molecule has 28 heavy (non-hydrogen) atoms. The first-order valence-electron chi connectivity index (χ1n) is 8.88. The Balaban J connectivity index is 1.66. The van der Waals surface area contributed by atoms with Gasteiger partial charge in [0, 0.05) is 19.3 Å². The third kappa shape index (κ3) is 7.03. The number of methoxy groups -OCH3 is 1. The monoisotopic (exact) mass is 409 g/mol. The van der Waals surface area contributed by atoms with Crippen LogP contribution in [0.5, 0.6) is 17.2 Å². The molecule has 2 rings (SSSR count). The van der Waals surface area contributed by atoms with Crippen molar-refractivity contribution in [2.24, 2.45) is 0 Å². The van der Waals surface area contributed by atoms with Crippen molar-refractivity contribution in [1.82, 2.24) is 5.32 Å². The van der Waals surface area contributed by atoms with Gasteiger partial charge in [-0.05, 0) is 55.0 Å². The number of aliphatic hydroxyl groups is 1. The lowest BCUT2D eigenvalue weighted by Crippen LogP contribution is -2.33. The van der Waals surface area contributed by atoms with Crippen LogP contribution in [0.15, 0.2) is 47.4 Å². The molecule has 0 aliphatic carbocycles. The normalized spacial score (nSPS) is 12.4. The molecule has 154 valence electrons. The van der Waals surface area contributed by atoms with Crippen molar-refractivity contribution in [3.8, 4) is 17.2 Å². The Kier molecular flexibility index (Phi) is 8.10. The molecule has 2 N–H and O–H groups in total. The number of rotatable bonds is 11. The van der Waals surface area contributed by atoms with Crippen LogP contribution >= 0.6 is 0 Å². The first kappa shape index (κ1) is 22.0. The SMILES string of the molecule is COc1ccc(OCCNCC(O)COc2ccc(S(C)(=O)=O)c(C)c2)cc1. The molecule has 8 heteroatoms. The lowest BCUT2D eigenvalue weighted by atomic mass is 10.2. The zero-order valence-electron chi connectivity index (χ0n) is 16.3. The number of ether oxygens (including phenoxy) is 3. The lowest BCUT2D eigenvalue weighted by molar-refractivity contribution is 0.105. The quantitative estimate of drug-likeness (QED) is 0.547. The molecular weight excluding hydrogens is 382 g/mol. The van der Waals surface area contributed by atoms with Gasteiger partial charge >= 0.3 is 0 Å². The minimum atomic E-state index is -3.26. The standard InChI is InChI=1S/C20H27NO6S/c1-15-12-19(8-9-20(15)28(3,23)24)27-14-16(22)13-21-10-11-26-18-6-4-17(25-2)5-7-18/h4-9,12,16,21-22H,10-11,13-14H2,1-3H3. The van der Waals surface area contributed by atoms with E-state index in [1.807, 2.05) is 24.3 Å². The van der Waals surface area contributed by atoms with Crippen LogP contribution in [0.3, 0.4) is 0 Å². The Labute approximate surface area is 166 Å². The van der Waals surface area contributed by atoms with Gasteiger partial charge in [0.1, 0.15) is 36.6 Å². The molecule has 2 aromatic carbocycles. The fourth-order valence-electron chi connectivity index (χ4n) is 2.56. The van der Waals surface area contributed by atoms with Gasteiger partial charge in [0.25, 0.3) is 0 Å². The summed E-state index contributed by atoms with van der Waals surface area (Å²) in [6, 6.07) is 12.1. The number of aliphatic hydroxyl groups excluding tert-OH is 1. The fraction of sp³-hybridized carbons (Fsp3) is 0.400. The second-order valence-corrected chi connectivity index (χ2v) is 8.38. The summed E-state index contributed by atoms with van der Waals surface area (Å²) in [4.78, 5) is 0.277. The average molecular weight is 410 g/mol. The molecule has 1 atom stereocenters. The molecular formula is C20H27NO6S. The van der Waals surface area contributed by atoms with Gasteiger partial charge in [-0.3, -0.25) is 0 Å². The number of sulfone groups is 1.